The second-order valence-corrected chi connectivity index (χ2v) is 6.03. The van der Waals surface area contributed by atoms with E-state index in [4.69, 9.17) is 9.26 Å². The summed E-state index contributed by atoms with van der Waals surface area (Å²) in [5, 5.41) is 14.3. The van der Waals surface area contributed by atoms with Crippen LogP contribution in [0.5, 0.6) is 0 Å². The van der Waals surface area contributed by atoms with E-state index in [1.165, 1.54) is 4.57 Å². The average molecular weight is 333 g/mol. The monoisotopic (exact) mass is 333 g/mol. The van der Waals surface area contributed by atoms with Crippen molar-refractivity contribution in [2.24, 2.45) is 0 Å². The van der Waals surface area contributed by atoms with Crippen LogP contribution in [0.1, 0.15) is 13.3 Å². The Balaban J connectivity index is 1.72. The summed E-state index contributed by atoms with van der Waals surface area (Å²) in [6.45, 7) is 4.90. The highest BCUT2D eigenvalue weighted by Crippen LogP contribution is 2.16. The zero-order valence-electron chi connectivity index (χ0n) is 13.8. The van der Waals surface area contributed by atoms with Gasteiger partial charge in [-0.1, -0.05) is 42.4 Å². The molecule has 1 aliphatic rings. The zero-order chi connectivity index (χ0) is 16.9. The number of β-amino-alcohol motifs (C(OH)–C–C–N with tert-alkyl or cyclic N) is 1. The molecular formula is C17H23N3O4. The fourth-order valence-electron chi connectivity index (χ4n) is 3.07. The number of nitrogens with zero attached hydrogens (tertiary/aromatic N) is 3. The molecule has 0 spiro atoms. The third kappa shape index (κ3) is 3.75. The first-order valence-electron chi connectivity index (χ1n) is 8.30. The van der Waals surface area contributed by atoms with Crippen LogP contribution in [-0.4, -0.2) is 58.2 Å². The van der Waals surface area contributed by atoms with Gasteiger partial charge in [0.2, 0.25) is 0 Å². The number of morpholine rings is 1. The number of aliphatic hydroxyl groups is 1. The topological polar surface area (TPSA) is 80.7 Å². The summed E-state index contributed by atoms with van der Waals surface area (Å²) in [7, 11) is 0. The van der Waals surface area contributed by atoms with Gasteiger partial charge >= 0.3 is 5.76 Å². The fraction of sp³-hybridized carbons (Fsp3) is 0.529. The van der Waals surface area contributed by atoms with Crippen molar-refractivity contribution in [1.29, 1.82) is 0 Å². The van der Waals surface area contributed by atoms with E-state index in [9.17, 15) is 9.90 Å². The van der Waals surface area contributed by atoms with Crippen LogP contribution in [0.15, 0.2) is 39.6 Å². The first kappa shape index (κ1) is 16.9. The molecule has 1 aliphatic heterocycles. The molecule has 0 radical (unpaired) electrons. The van der Waals surface area contributed by atoms with Crippen LogP contribution >= 0.6 is 0 Å². The van der Waals surface area contributed by atoms with E-state index >= 15 is 0 Å². The SMILES string of the molecule is CCC1COCCN1CC(O)Cn1c(-c2ccccc2)noc1=O. The molecule has 1 aromatic carbocycles. The minimum absolute atomic E-state index is 0.153. The Morgan fingerprint density at radius 1 is 1.33 bits per heavy atom. The number of aliphatic hydroxyl groups excluding tert-OH is 1. The molecule has 1 saturated heterocycles. The predicted molar refractivity (Wildman–Crippen MR) is 88.7 cm³/mol. The first-order valence-corrected chi connectivity index (χ1v) is 8.30. The summed E-state index contributed by atoms with van der Waals surface area (Å²) in [5.74, 6) is -0.115. The molecule has 0 bridgehead atoms. The predicted octanol–water partition coefficient (Wildman–Crippen LogP) is 0.975. The van der Waals surface area contributed by atoms with Crippen molar-refractivity contribution in [3.63, 3.8) is 0 Å². The lowest BCUT2D eigenvalue weighted by Gasteiger charge is -2.36. The van der Waals surface area contributed by atoms with Crippen LogP contribution in [0.25, 0.3) is 11.4 Å². The average Bonchev–Trinajstić information content (AvgIpc) is 2.97. The minimum Gasteiger partial charge on any atom is -0.390 e. The second kappa shape index (κ2) is 7.74. The van der Waals surface area contributed by atoms with E-state index in [0.29, 0.717) is 31.6 Å². The van der Waals surface area contributed by atoms with Crippen LogP contribution in [0.4, 0.5) is 0 Å². The number of benzene rings is 1. The molecule has 2 aromatic rings. The molecule has 7 nitrogen and oxygen atoms in total. The van der Waals surface area contributed by atoms with E-state index in [1.807, 2.05) is 30.3 Å². The summed E-state index contributed by atoms with van der Waals surface area (Å²) in [4.78, 5) is 14.2. The molecule has 1 aromatic heterocycles. The Bertz CT molecular complexity index is 697. The van der Waals surface area contributed by atoms with Crippen molar-refractivity contribution in [1.82, 2.24) is 14.6 Å². The Labute approximate surface area is 140 Å². The smallest absolute Gasteiger partial charge is 0.390 e. The molecule has 0 saturated carbocycles. The largest absolute Gasteiger partial charge is 0.441 e. The van der Waals surface area contributed by atoms with Crippen molar-refractivity contribution in [3.05, 3.63) is 40.9 Å². The second-order valence-electron chi connectivity index (χ2n) is 6.03. The van der Waals surface area contributed by atoms with E-state index in [0.717, 1.165) is 18.5 Å². The van der Waals surface area contributed by atoms with Crippen LogP contribution in [0.3, 0.4) is 0 Å². The molecular weight excluding hydrogens is 310 g/mol. The van der Waals surface area contributed by atoms with Gasteiger partial charge in [-0.25, -0.2) is 4.79 Å². The van der Waals surface area contributed by atoms with Gasteiger partial charge in [-0.05, 0) is 6.42 Å². The molecule has 130 valence electrons. The number of ether oxygens (including phenoxy) is 1. The lowest BCUT2D eigenvalue weighted by molar-refractivity contribution is -0.0295. The van der Waals surface area contributed by atoms with Crippen LogP contribution in [0.2, 0.25) is 0 Å². The van der Waals surface area contributed by atoms with Crippen molar-refractivity contribution in [2.45, 2.75) is 32.0 Å². The van der Waals surface area contributed by atoms with Gasteiger partial charge in [0.25, 0.3) is 0 Å². The summed E-state index contributed by atoms with van der Waals surface area (Å²) < 4.78 is 11.7. The quantitative estimate of drug-likeness (QED) is 0.849. The standard InChI is InChI=1S/C17H23N3O4/c1-2-14-12-23-9-8-19(14)10-15(21)11-20-16(18-24-17(20)22)13-6-4-3-5-7-13/h3-7,14-15,21H,2,8-12H2,1H3. The number of rotatable bonds is 6. The van der Waals surface area contributed by atoms with Crippen LogP contribution in [0, 0.1) is 0 Å². The lowest BCUT2D eigenvalue weighted by Crippen LogP contribution is -2.49. The Morgan fingerprint density at radius 3 is 2.88 bits per heavy atom. The van der Waals surface area contributed by atoms with Crippen molar-refractivity contribution >= 4 is 0 Å². The maximum Gasteiger partial charge on any atom is 0.441 e. The molecule has 24 heavy (non-hydrogen) atoms. The lowest BCUT2D eigenvalue weighted by atomic mass is 10.1. The third-order valence-electron chi connectivity index (χ3n) is 4.38. The highest BCUT2D eigenvalue weighted by molar-refractivity contribution is 5.54. The molecule has 1 fully saturated rings. The number of hydrogen-bond acceptors (Lipinski definition) is 6. The maximum atomic E-state index is 12.0. The van der Waals surface area contributed by atoms with Crippen molar-refractivity contribution in [3.8, 4) is 11.4 Å². The van der Waals surface area contributed by atoms with Gasteiger partial charge in [-0.3, -0.25) is 14.0 Å². The summed E-state index contributed by atoms with van der Waals surface area (Å²) in [6.07, 6.45) is 0.284. The van der Waals surface area contributed by atoms with Gasteiger partial charge in [-0.15, -0.1) is 0 Å². The fourth-order valence-corrected chi connectivity index (χ4v) is 3.07. The zero-order valence-corrected chi connectivity index (χ0v) is 13.8. The van der Waals surface area contributed by atoms with Gasteiger partial charge in [0.05, 0.1) is 25.9 Å². The normalized spacial score (nSPS) is 20.2. The van der Waals surface area contributed by atoms with E-state index in [2.05, 4.69) is 17.0 Å². The Morgan fingerprint density at radius 2 is 2.12 bits per heavy atom. The van der Waals surface area contributed by atoms with E-state index < -0.39 is 11.9 Å². The van der Waals surface area contributed by atoms with Gasteiger partial charge in [0, 0.05) is 24.7 Å². The maximum absolute atomic E-state index is 12.0. The van der Waals surface area contributed by atoms with Crippen LogP contribution < -0.4 is 5.76 Å². The summed E-state index contributed by atoms with van der Waals surface area (Å²) >= 11 is 0. The van der Waals surface area contributed by atoms with Crippen LogP contribution in [-0.2, 0) is 11.3 Å². The first-order chi connectivity index (χ1) is 11.7. The molecule has 3 rings (SSSR count). The van der Waals surface area contributed by atoms with E-state index in [1.54, 1.807) is 0 Å². The summed E-state index contributed by atoms with van der Waals surface area (Å²) in [6, 6.07) is 9.65. The van der Waals surface area contributed by atoms with Gasteiger partial charge in [-0.2, -0.15) is 0 Å². The Kier molecular flexibility index (Phi) is 5.44. The van der Waals surface area contributed by atoms with Crippen molar-refractivity contribution < 1.29 is 14.4 Å². The molecule has 2 atom stereocenters. The minimum atomic E-state index is -0.684. The highest BCUT2D eigenvalue weighted by Gasteiger charge is 2.25. The molecule has 0 amide bonds. The molecule has 2 heterocycles. The summed E-state index contributed by atoms with van der Waals surface area (Å²) in [5.41, 5.74) is 0.786. The van der Waals surface area contributed by atoms with Gasteiger partial charge < -0.3 is 9.84 Å². The number of hydrogen-bond donors (Lipinski definition) is 1. The molecule has 2 unspecified atom stereocenters. The molecule has 0 aliphatic carbocycles. The van der Waals surface area contributed by atoms with Gasteiger partial charge in [0.1, 0.15) is 0 Å². The van der Waals surface area contributed by atoms with E-state index in [-0.39, 0.29) is 6.54 Å². The molecule has 7 heteroatoms. The third-order valence-corrected chi connectivity index (χ3v) is 4.38. The molecule has 1 N–H and O–H groups in total. The van der Waals surface area contributed by atoms with Gasteiger partial charge in [0.15, 0.2) is 5.82 Å². The Hall–Kier alpha value is -1.96. The number of aromatic nitrogens is 2. The van der Waals surface area contributed by atoms with Crippen molar-refractivity contribution in [2.75, 3.05) is 26.3 Å². The highest BCUT2D eigenvalue weighted by atomic mass is 16.5.